The van der Waals surface area contributed by atoms with Crippen molar-refractivity contribution in [2.75, 3.05) is 5.32 Å². The van der Waals surface area contributed by atoms with Gasteiger partial charge in [0.25, 0.3) is 0 Å². The molecule has 0 aliphatic carbocycles. The summed E-state index contributed by atoms with van der Waals surface area (Å²) in [5.41, 5.74) is 1.95. The van der Waals surface area contributed by atoms with Crippen LogP contribution in [0.15, 0.2) is 47.1 Å². The predicted octanol–water partition coefficient (Wildman–Crippen LogP) is 3.26. The number of amides is 2. The average Bonchev–Trinajstić information content (AvgIpc) is 3.17. The Hall–Kier alpha value is -3.09. The van der Waals surface area contributed by atoms with Crippen molar-refractivity contribution in [3.63, 3.8) is 0 Å². The second-order valence-electron chi connectivity index (χ2n) is 5.19. The Bertz CT molecular complexity index is 794. The molecule has 1 aromatic carbocycles. The van der Waals surface area contributed by atoms with Gasteiger partial charge in [-0.05, 0) is 19.4 Å². The Morgan fingerprint density at radius 3 is 2.78 bits per heavy atom. The highest BCUT2D eigenvalue weighted by atomic mass is 16.5. The van der Waals surface area contributed by atoms with E-state index in [0.29, 0.717) is 17.4 Å². The number of benzene rings is 1. The summed E-state index contributed by atoms with van der Waals surface area (Å²) in [5.74, 6) is 1.68. The molecule has 118 valence electrons. The summed E-state index contributed by atoms with van der Waals surface area (Å²) in [5, 5.41) is 9.11. The molecule has 2 aromatic heterocycles. The van der Waals surface area contributed by atoms with Crippen molar-refractivity contribution < 1.29 is 9.32 Å². The van der Waals surface area contributed by atoms with Crippen LogP contribution in [0.4, 0.5) is 10.6 Å². The highest BCUT2D eigenvalue weighted by molar-refractivity contribution is 5.88. The summed E-state index contributed by atoms with van der Waals surface area (Å²) in [6.45, 7) is 3.61. The minimum atomic E-state index is -0.372. The average molecular weight is 311 g/mol. The molecule has 2 heterocycles. The van der Waals surface area contributed by atoms with Crippen molar-refractivity contribution in [1.82, 2.24) is 20.4 Å². The summed E-state index contributed by atoms with van der Waals surface area (Å²) in [7, 11) is 0. The molecule has 23 heavy (non-hydrogen) atoms. The normalized spacial score (nSPS) is 11.9. The highest BCUT2D eigenvalue weighted by Gasteiger charge is 2.14. The van der Waals surface area contributed by atoms with E-state index >= 15 is 0 Å². The fourth-order valence-corrected chi connectivity index (χ4v) is 2.16. The van der Waals surface area contributed by atoms with Gasteiger partial charge < -0.3 is 14.8 Å². The van der Waals surface area contributed by atoms with E-state index in [9.17, 15) is 4.79 Å². The Kier molecular flexibility index (Phi) is 4.09. The van der Waals surface area contributed by atoms with Crippen LogP contribution >= 0.6 is 0 Å². The lowest BCUT2D eigenvalue weighted by molar-refractivity contribution is 0.248. The molecule has 0 radical (unpaired) electrons. The smallest absolute Gasteiger partial charge is 0.321 e. The van der Waals surface area contributed by atoms with E-state index in [1.54, 1.807) is 19.2 Å². The fraction of sp³-hybridized carbons (Fsp3) is 0.188. The zero-order chi connectivity index (χ0) is 16.2. The summed E-state index contributed by atoms with van der Waals surface area (Å²) < 4.78 is 4.90. The van der Waals surface area contributed by atoms with Gasteiger partial charge >= 0.3 is 6.03 Å². The molecule has 3 N–H and O–H groups in total. The van der Waals surface area contributed by atoms with Crippen LogP contribution in [-0.4, -0.2) is 21.2 Å². The van der Waals surface area contributed by atoms with Gasteiger partial charge in [-0.15, -0.1) is 0 Å². The lowest BCUT2D eigenvalue weighted by Crippen LogP contribution is -2.31. The Balaban J connectivity index is 1.63. The van der Waals surface area contributed by atoms with Gasteiger partial charge in [-0.25, -0.2) is 9.78 Å². The fourth-order valence-electron chi connectivity index (χ4n) is 2.16. The Labute approximate surface area is 133 Å². The van der Waals surface area contributed by atoms with Crippen molar-refractivity contribution in [1.29, 1.82) is 0 Å². The van der Waals surface area contributed by atoms with Crippen LogP contribution < -0.4 is 10.6 Å². The van der Waals surface area contributed by atoms with Crippen molar-refractivity contribution in [3.8, 4) is 11.3 Å². The van der Waals surface area contributed by atoms with Crippen LogP contribution in [-0.2, 0) is 0 Å². The maximum Gasteiger partial charge on any atom is 0.321 e. The van der Waals surface area contributed by atoms with Gasteiger partial charge in [0.05, 0.1) is 17.9 Å². The van der Waals surface area contributed by atoms with Crippen molar-refractivity contribution in [2.24, 2.45) is 0 Å². The van der Waals surface area contributed by atoms with E-state index in [-0.39, 0.29) is 12.1 Å². The highest BCUT2D eigenvalue weighted by Crippen LogP contribution is 2.18. The largest absolute Gasteiger partial charge is 0.360 e. The van der Waals surface area contributed by atoms with Crippen LogP contribution in [0, 0.1) is 6.92 Å². The number of aromatic nitrogens is 3. The van der Waals surface area contributed by atoms with Crippen molar-refractivity contribution in [3.05, 3.63) is 54.2 Å². The third-order valence-electron chi connectivity index (χ3n) is 3.31. The molecular weight excluding hydrogens is 294 g/mol. The molecule has 2 amide bonds. The van der Waals surface area contributed by atoms with E-state index in [1.807, 2.05) is 37.3 Å². The van der Waals surface area contributed by atoms with Crippen LogP contribution in [0.5, 0.6) is 0 Å². The lowest BCUT2D eigenvalue weighted by atomic mass is 10.2. The van der Waals surface area contributed by atoms with E-state index < -0.39 is 0 Å². The third kappa shape index (κ3) is 3.57. The van der Waals surface area contributed by atoms with Crippen LogP contribution in [0.25, 0.3) is 11.3 Å². The first kappa shape index (κ1) is 14.8. The molecule has 7 heteroatoms. The minimum absolute atomic E-state index is 0.277. The number of rotatable bonds is 4. The maximum absolute atomic E-state index is 11.9. The molecular formula is C16H17N5O2. The molecule has 0 aliphatic heterocycles. The molecule has 3 rings (SSSR count). The quantitative estimate of drug-likeness (QED) is 0.689. The maximum atomic E-state index is 11.9. The number of aromatic amines is 1. The van der Waals surface area contributed by atoms with E-state index in [2.05, 4.69) is 25.8 Å². The second-order valence-corrected chi connectivity index (χ2v) is 5.19. The predicted molar refractivity (Wildman–Crippen MR) is 85.8 cm³/mol. The summed E-state index contributed by atoms with van der Waals surface area (Å²) in [6.07, 6.45) is 1.75. The monoisotopic (exact) mass is 311 g/mol. The molecule has 0 bridgehead atoms. The SMILES string of the molecule is Cc1cc(NC(=O)NC(C)c2ncc(-c3ccccc3)[nH]2)no1. The molecule has 0 aliphatic rings. The zero-order valence-electron chi connectivity index (χ0n) is 12.8. The molecule has 0 spiro atoms. The molecule has 0 fully saturated rings. The van der Waals surface area contributed by atoms with Gasteiger partial charge in [0, 0.05) is 6.07 Å². The Morgan fingerprint density at radius 2 is 2.09 bits per heavy atom. The minimum Gasteiger partial charge on any atom is -0.360 e. The Morgan fingerprint density at radius 1 is 1.30 bits per heavy atom. The summed E-state index contributed by atoms with van der Waals surface area (Å²) in [6, 6.07) is 10.9. The van der Waals surface area contributed by atoms with Gasteiger partial charge in [-0.2, -0.15) is 0 Å². The second kappa shape index (κ2) is 6.35. The first-order valence-corrected chi connectivity index (χ1v) is 7.23. The van der Waals surface area contributed by atoms with Crippen LogP contribution in [0.2, 0.25) is 0 Å². The number of aryl methyl sites for hydroxylation is 1. The number of carbonyl (C=O) groups is 1. The number of hydrogen-bond acceptors (Lipinski definition) is 4. The molecule has 0 saturated heterocycles. The number of H-pyrrole nitrogens is 1. The van der Waals surface area contributed by atoms with Gasteiger partial charge in [0.1, 0.15) is 11.6 Å². The topological polar surface area (TPSA) is 95.8 Å². The number of anilines is 1. The van der Waals surface area contributed by atoms with Gasteiger partial charge in [-0.3, -0.25) is 5.32 Å². The number of nitrogens with one attached hydrogen (secondary N) is 3. The van der Waals surface area contributed by atoms with E-state index in [4.69, 9.17) is 4.52 Å². The first-order chi connectivity index (χ1) is 11.1. The summed E-state index contributed by atoms with van der Waals surface area (Å²) in [4.78, 5) is 19.5. The number of nitrogens with zero attached hydrogens (tertiary/aromatic N) is 2. The standard InChI is InChI=1S/C16H17N5O2/c1-10-8-14(21-23-10)20-16(22)18-11(2)15-17-9-13(19-15)12-6-4-3-5-7-12/h3-9,11H,1-2H3,(H,17,19)(H2,18,20,21,22). The van der Waals surface area contributed by atoms with Crippen LogP contribution in [0.1, 0.15) is 24.6 Å². The number of imidazole rings is 1. The number of carbonyl (C=O) groups excluding carboxylic acids is 1. The van der Waals surface area contributed by atoms with Gasteiger partial charge in [0.2, 0.25) is 0 Å². The molecule has 0 saturated carbocycles. The van der Waals surface area contributed by atoms with Crippen LogP contribution in [0.3, 0.4) is 0 Å². The van der Waals surface area contributed by atoms with Gasteiger partial charge in [0.15, 0.2) is 5.82 Å². The lowest BCUT2D eigenvalue weighted by Gasteiger charge is -2.11. The molecule has 7 nitrogen and oxygen atoms in total. The van der Waals surface area contributed by atoms with Gasteiger partial charge in [-0.1, -0.05) is 35.5 Å². The third-order valence-corrected chi connectivity index (χ3v) is 3.31. The molecule has 1 atom stereocenters. The van der Waals surface area contributed by atoms with Crippen molar-refractivity contribution in [2.45, 2.75) is 19.9 Å². The van der Waals surface area contributed by atoms with Crippen molar-refractivity contribution >= 4 is 11.8 Å². The van der Waals surface area contributed by atoms with E-state index in [0.717, 1.165) is 11.3 Å². The molecule has 1 unspecified atom stereocenters. The number of hydrogen-bond donors (Lipinski definition) is 3. The van der Waals surface area contributed by atoms with E-state index in [1.165, 1.54) is 0 Å². The number of urea groups is 1. The first-order valence-electron chi connectivity index (χ1n) is 7.23. The molecule has 3 aromatic rings. The summed E-state index contributed by atoms with van der Waals surface area (Å²) >= 11 is 0. The zero-order valence-corrected chi connectivity index (χ0v) is 12.8.